The van der Waals surface area contributed by atoms with Gasteiger partial charge in [0.15, 0.2) is 0 Å². The Morgan fingerprint density at radius 3 is 1.57 bits per heavy atom. The van der Waals surface area contributed by atoms with Gasteiger partial charge < -0.3 is 5.32 Å². The summed E-state index contributed by atoms with van der Waals surface area (Å²) in [6, 6.07) is -1.05. The number of nitrogens with one attached hydrogen (secondary N) is 1. The van der Waals surface area contributed by atoms with Crippen LogP contribution < -0.4 is 5.32 Å². The van der Waals surface area contributed by atoms with Crippen LogP contribution in [-0.4, -0.2) is 35.9 Å². The largest absolute Gasteiger partial charge is 0.460 e. The Bertz CT molecular complexity index is 608. The van der Waals surface area contributed by atoms with Crippen LogP contribution in [0.2, 0.25) is 0 Å². The lowest BCUT2D eigenvalue weighted by Gasteiger charge is -2.59. The van der Waals surface area contributed by atoms with Crippen molar-refractivity contribution < 1.29 is 44.3 Å². The molecular weight excluding hydrogens is 405 g/mol. The molecule has 1 amide bonds. The molecule has 2 nitrogen and oxygen atoms in total. The van der Waals surface area contributed by atoms with Gasteiger partial charge in [-0.2, -0.15) is 39.5 Å². The van der Waals surface area contributed by atoms with E-state index in [1.165, 1.54) is 6.92 Å². The van der Waals surface area contributed by atoms with E-state index in [-0.39, 0.29) is 0 Å². The Balaban J connectivity index is 1.78. The van der Waals surface area contributed by atoms with Gasteiger partial charge in [0.25, 0.3) is 5.91 Å². The summed E-state index contributed by atoms with van der Waals surface area (Å²) in [5.74, 6) is -22.1. The molecule has 0 aromatic heterocycles. The summed E-state index contributed by atoms with van der Waals surface area (Å²) in [5, 5.41) is 1.64. The van der Waals surface area contributed by atoms with Crippen molar-refractivity contribution in [2.45, 2.75) is 75.4 Å². The molecule has 4 rings (SSSR count). The SMILES string of the molecule is CC(NC(=O)C(F)(F)C(F)(F)C(F)(F)C(F)(F)F)C12CC3CC(CC(C3)C1)C2. The minimum absolute atomic E-state index is 0.321. The highest BCUT2D eigenvalue weighted by molar-refractivity contribution is 5.85. The van der Waals surface area contributed by atoms with Gasteiger partial charge in [0.2, 0.25) is 0 Å². The minimum atomic E-state index is -7.06. The fourth-order valence-corrected chi connectivity index (χ4v) is 5.67. The topological polar surface area (TPSA) is 29.1 Å². The van der Waals surface area contributed by atoms with Crippen LogP contribution in [0.5, 0.6) is 0 Å². The summed E-state index contributed by atoms with van der Waals surface area (Å²) in [4.78, 5) is 11.7. The molecule has 28 heavy (non-hydrogen) atoms. The predicted molar refractivity (Wildman–Crippen MR) is 79.1 cm³/mol. The van der Waals surface area contributed by atoms with E-state index in [9.17, 15) is 44.3 Å². The highest BCUT2D eigenvalue weighted by atomic mass is 19.4. The quantitative estimate of drug-likeness (QED) is 0.605. The Kier molecular flexibility index (Phi) is 4.75. The fraction of sp³-hybridized carbons (Fsp3) is 0.941. The van der Waals surface area contributed by atoms with Crippen LogP contribution in [0.15, 0.2) is 0 Å². The van der Waals surface area contributed by atoms with Gasteiger partial charge in [-0.05, 0) is 68.6 Å². The zero-order chi connectivity index (χ0) is 21.3. The molecule has 4 fully saturated rings. The third-order valence-electron chi connectivity index (χ3n) is 6.78. The molecule has 4 aliphatic carbocycles. The standard InChI is InChI=1S/C17H20F9NO/c1-8(13-5-9-2-10(6-13)4-11(3-9)7-13)27-12(28)14(18,19)15(20,21)16(22,23)17(24,25)26/h8-11H,2-7H2,1H3,(H,27,28). The lowest BCUT2D eigenvalue weighted by atomic mass is 9.48. The van der Waals surface area contributed by atoms with E-state index in [4.69, 9.17) is 0 Å². The minimum Gasteiger partial charge on any atom is -0.348 e. The van der Waals surface area contributed by atoms with Crippen LogP contribution in [0.4, 0.5) is 39.5 Å². The van der Waals surface area contributed by atoms with Gasteiger partial charge in [0.1, 0.15) is 0 Å². The van der Waals surface area contributed by atoms with Crippen molar-refractivity contribution in [1.82, 2.24) is 5.32 Å². The molecule has 0 radical (unpaired) electrons. The molecule has 0 heterocycles. The van der Waals surface area contributed by atoms with Crippen molar-refractivity contribution in [3.8, 4) is 0 Å². The first kappa shape index (κ1) is 21.5. The van der Waals surface area contributed by atoms with Crippen LogP contribution in [0.25, 0.3) is 0 Å². The smallest absolute Gasteiger partial charge is 0.348 e. The van der Waals surface area contributed by atoms with E-state index >= 15 is 0 Å². The Morgan fingerprint density at radius 2 is 1.21 bits per heavy atom. The number of amides is 1. The maximum Gasteiger partial charge on any atom is 0.460 e. The molecule has 0 spiro atoms. The van der Waals surface area contributed by atoms with Gasteiger partial charge in [0.05, 0.1) is 0 Å². The molecule has 4 aliphatic rings. The van der Waals surface area contributed by atoms with E-state index < -0.39 is 41.3 Å². The second-order valence-electron chi connectivity index (χ2n) is 8.70. The summed E-state index contributed by atoms with van der Waals surface area (Å²) in [6.45, 7) is 1.32. The number of carbonyl (C=O) groups is 1. The summed E-state index contributed by atoms with van der Waals surface area (Å²) < 4.78 is 117. The Hall–Kier alpha value is -1.16. The molecule has 1 unspecified atom stereocenters. The molecule has 0 aromatic rings. The average Bonchev–Trinajstić information content (AvgIpc) is 2.51. The Morgan fingerprint density at radius 1 is 0.821 bits per heavy atom. The van der Waals surface area contributed by atoms with Gasteiger partial charge in [-0.1, -0.05) is 0 Å². The third-order valence-corrected chi connectivity index (χ3v) is 6.78. The maximum atomic E-state index is 13.8. The van der Waals surface area contributed by atoms with Crippen molar-refractivity contribution in [2.24, 2.45) is 23.2 Å². The maximum absolute atomic E-state index is 13.8. The molecule has 0 saturated heterocycles. The summed E-state index contributed by atoms with van der Waals surface area (Å²) in [7, 11) is 0. The second-order valence-corrected chi connectivity index (χ2v) is 8.70. The number of alkyl halides is 9. The number of halogens is 9. The van der Waals surface area contributed by atoms with Crippen molar-refractivity contribution in [3.05, 3.63) is 0 Å². The normalized spacial score (nSPS) is 34.4. The molecular formula is C17H20F9NO. The van der Waals surface area contributed by atoms with Crippen molar-refractivity contribution in [1.29, 1.82) is 0 Å². The summed E-state index contributed by atoms with van der Waals surface area (Å²) in [5.41, 5.74) is -0.623. The third kappa shape index (κ3) is 2.98. The molecule has 1 atom stereocenters. The zero-order valence-electron chi connectivity index (χ0n) is 14.9. The highest BCUT2D eigenvalue weighted by Gasteiger charge is 2.83. The van der Waals surface area contributed by atoms with Crippen LogP contribution in [0.3, 0.4) is 0 Å². The number of hydrogen-bond donors (Lipinski definition) is 1. The van der Waals surface area contributed by atoms with Crippen LogP contribution in [0.1, 0.15) is 45.4 Å². The average molecular weight is 425 g/mol. The lowest BCUT2D eigenvalue weighted by Crippen LogP contribution is -2.67. The number of carbonyl (C=O) groups excluding carboxylic acids is 1. The van der Waals surface area contributed by atoms with E-state index in [1.807, 2.05) is 0 Å². The summed E-state index contributed by atoms with van der Waals surface area (Å²) >= 11 is 0. The summed E-state index contributed by atoms with van der Waals surface area (Å²) in [6.07, 6.45) is -2.29. The molecule has 162 valence electrons. The molecule has 4 bridgehead atoms. The van der Waals surface area contributed by atoms with Crippen molar-refractivity contribution in [2.75, 3.05) is 0 Å². The van der Waals surface area contributed by atoms with Crippen LogP contribution in [0, 0.1) is 23.2 Å². The zero-order valence-corrected chi connectivity index (χ0v) is 14.9. The van der Waals surface area contributed by atoms with Gasteiger partial charge in [0, 0.05) is 6.04 Å². The predicted octanol–water partition coefficient (Wildman–Crippen LogP) is 5.18. The fourth-order valence-electron chi connectivity index (χ4n) is 5.67. The molecule has 1 N–H and O–H groups in total. The van der Waals surface area contributed by atoms with E-state index in [1.54, 1.807) is 5.32 Å². The van der Waals surface area contributed by atoms with Crippen molar-refractivity contribution in [3.63, 3.8) is 0 Å². The lowest BCUT2D eigenvalue weighted by molar-refractivity contribution is -0.388. The van der Waals surface area contributed by atoms with Gasteiger partial charge in [-0.15, -0.1) is 0 Å². The van der Waals surface area contributed by atoms with E-state index in [0.717, 1.165) is 19.3 Å². The number of hydrogen-bond acceptors (Lipinski definition) is 1. The van der Waals surface area contributed by atoms with Gasteiger partial charge >= 0.3 is 23.9 Å². The van der Waals surface area contributed by atoms with Gasteiger partial charge in [-0.3, -0.25) is 4.79 Å². The first-order valence-electron chi connectivity index (χ1n) is 9.04. The molecule has 11 heteroatoms. The van der Waals surface area contributed by atoms with Gasteiger partial charge in [-0.25, -0.2) is 0 Å². The molecule has 0 aliphatic heterocycles. The van der Waals surface area contributed by atoms with Crippen molar-refractivity contribution >= 4 is 5.91 Å². The molecule has 4 saturated carbocycles. The first-order valence-corrected chi connectivity index (χ1v) is 9.04. The van der Waals surface area contributed by atoms with E-state index in [0.29, 0.717) is 37.0 Å². The monoisotopic (exact) mass is 425 g/mol. The van der Waals surface area contributed by atoms with Crippen LogP contribution >= 0.6 is 0 Å². The molecule has 0 aromatic carbocycles. The first-order chi connectivity index (χ1) is 12.5. The second kappa shape index (κ2) is 6.17. The highest BCUT2D eigenvalue weighted by Crippen LogP contribution is 2.61. The Labute approximate surface area is 155 Å². The van der Waals surface area contributed by atoms with Crippen LogP contribution in [-0.2, 0) is 4.79 Å². The van der Waals surface area contributed by atoms with E-state index in [2.05, 4.69) is 0 Å². The number of rotatable bonds is 5.